The number of nitrogens with two attached hydrogens (primary N) is 1. The molecule has 0 radical (unpaired) electrons. The summed E-state index contributed by atoms with van der Waals surface area (Å²) in [6, 6.07) is 4.51. The van der Waals surface area contributed by atoms with Gasteiger partial charge in [-0.25, -0.2) is 4.39 Å². The molecule has 0 saturated heterocycles. The van der Waals surface area contributed by atoms with Crippen LogP contribution in [-0.4, -0.2) is 24.2 Å². The zero-order valence-corrected chi connectivity index (χ0v) is 14.0. The van der Waals surface area contributed by atoms with E-state index in [1.165, 1.54) is 6.07 Å². The van der Waals surface area contributed by atoms with E-state index in [0.717, 1.165) is 0 Å². The second-order valence-corrected chi connectivity index (χ2v) is 6.75. The fourth-order valence-corrected chi connectivity index (χ4v) is 3.10. The van der Waals surface area contributed by atoms with Crippen molar-refractivity contribution < 1.29 is 13.9 Å². The van der Waals surface area contributed by atoms with Gasteiger partial charge in [-0.1, -0.05) is 19.9 Å². The number of nitrogens with one attached hydrogen (secondary N) is 1. The first-order valence-electron chi connectivity index (χ1n) is 6.90. The number of rotatable bonds is 4. The Morgan fingerprint density at radius 3 is 2.76 bits per heavy atom. The van der Waals surface area contributed by atoms with Crippen molar-refractivity contribution >= 4 is 27.5 Å². The maximum Gasteiger partial charge on any atom is 0.245 e. The summed E-state index contributed by atoms with van der Waals surface area (Å²) in [4.78, 5) is 12.5. The molecule has 2 atom stereocenters. The molecular weight excluding hydrogens is 339 g/mol. The number of amides is 1. The standard InChI is InChI=1S/C15H20BrFN2O2/c1-4-21-11-8-15(18,14(11,2)3)13(20)19-12-9(16)6-5-7-10(12)17/h5-7,11H,4,8,18H2,1-3H3,(H,19,20). The molecule has 1 amide bonds. The molecule has 2 unspecified atom stereocenters. The minimum absolute atomic E-state index is 0.0673. The van der Waals surface area contributed by atoms with Gasteiger partial charge >= 0.3 is 0 Å². The number of carbonyl (C=O) groups excluding carboxylic acids is 1. The predicted octanol–water partition coefficient (Wildman–Crippen LogP) is 3.06. The fourth-order valence-electron chi connectivity index (χ4n) is 2.66. The molecule has 1 aromatic carbocycles. The van der Waals surface area contributed by atoms with Crippen LogP contribution in [0.5, 0.6) is 0 Å². The zero-order chi connectivity index (χ0) is 15.8. The molecule has 0 aliphatic heterocycles. The molecule has 1 aliphatic carbocycles. The summed E-state index contributed by atoms with van der Waals surface area (Å²) in [5.74, 6) is -0.894. The highest BCUT2D eigenvalue weighted by molar-refractivity contribution is 9.10. The lowest BCUT2D eigenvalue weighted by Gasteiger charge is -2.57. The average Bonchev–Trinajstić information content (AvgIpc) is 2.42. The average molecular weight is 359 g/mol. The molecule has 3 N–H and O–H groups in total. The van der Waals surface area contributed by atoms with Crippen molar-refractivity contribution in [1.82, 2.24) is 0 Å². The van der Waals surface area contributed by atoms with E-state index in [1.807, 2.05) is 20.8 Å². The molecule has 0 spiro atoms. The van der Waals surface area contributed by atoms with Crippen LogP contribution in [0.3, 0.4) is 0 Å². The normalized spacial score (nSPS) is 27.0. The second kappa shape index (κ2) is 5.66. The van der Waals surface area contributed by atoms with E-state index in [-0.39, 0.29) is 11.8 Å². The van der Waals surface area contributed by atoms with E-state index >= 15 is 0 Å². The third-order valence-corrected chi connectivity index (χ3v) is 5.10. The molecule has 1 aromatic rings. The van der Waals surface area contributed by atoms with Crippen LogP contribution in [0.15, 0.2) is 22.7 Å². The summed E-state index contributed by atoms with van der Waals surface area (Å²) in [5, 5.41) is 2.60. The second-order valence-electron chi connectivity index (χ2n) is 5.89. The topological polar surface area (TPSA) is 64.3 Å². The largest absolute Gasteiger partial charge is 0.378 e. The Hall–Kier alpha value is -0.980. The molecule has 4 nitrogen and oxygen atoms in total. The number of halogens is 2. The first-order chi connectivity index (χ1) is 9.74. The Bertz CT molecular complexity index is 544. The molecular formula is C15H20BrFN2O2. The predicted molar refractivity (Wildman–Crippen MR) is 83.5 cm³/mol. The maximum absolute atomic E-state index is 13.8. The molecule has 6 heteroatoms. The summed E-state index contributed by atoms with van der Waals surface area (Å²) >= 11 is 3.23. The summed E-state index contributed by atoms with van der Waals surface area (Å²) in [5.41, 5.74) is 4.79. The van der Waals surface area contributed by atoms with Crippen molar-refractivity contribution in [2.24, 2.45) is 11.1 Å². The van der Waals surface area contributed by atoms with Gasteiger partial charge in [-0.05, 0) is 35.0 Å². The van der Waals surface area contributed by atoms with E-state index in [1.54, 1.807) is 12.1 Å². The van der Waals surface area contributed by atoms with Gasteiger partial charge in [0.15, 0.2) is 0 Å². The smallest absolute Gasteiger partial charge is 0.245 e. The summed E-state index contributed by atoms with van der Waals surface area (Å²) in [6.45, 7) is 6.27. The van der Waals surface area contributed by atoms with Gasteiger partial charge in [0.1, 0.15) is 11.4 Å². The van der Waals surface area contributed by atoms with Crippen LogP contribution in [0.2, 0.25) is 0 Å². The van der Waals surface area contributed by atoms with Crippen LogP contribution < -0.4 is 11.1 Å². The van der Waals surface area contributed by atoms with Gasteiger partial charge in [-0.15, -0.1) is 0 Å². The van der Waals surface area contributed by atoms with Crippen molar-refractivity contribution in [1.29, 1.82) is 0 Å². The minimum Gasteiger partial charge on any atom is -0.378 e. The number of hydrogen-bond donors (Lipinski definition) is 2. The van der Waals surface area contributed by atoms with Crippen LogP contribution in [0.25, 0.3) is 0 Å². The van der Waals surface area contributed by atoms with Gasteiger partial charge in [-0.2, -0.15) is 0 Å². The van der Waals surface area contributed by atoms with E-state index in [2.05, 4.69) is 21.2 Å². The van der Waals surface area contributed by atoms with Gasteiger partial charge in [-0.3, -0.25) is 4.79 Å². The quantitative estimate of drug-likeness (QED) is 0.869. The van der Waals surface area contributed by atoms with Crippen LogP contribution in [0.1, 0.15) is 27.2 Å². The number of anilines is 1. The molecule has 116 valence electrons. The highest BCUT2D eigenvalue weighted by Crippen LogP contribution is 2.50. The van der Waals surface area contributed by atoms with Crippen molar-refractivity contribution in [3.63, 3.8) is 0 Å². The molecule has 2 rings (SSSR count). The molecule has 21 heavy (non-hydrogen) atoms. The molecule has 1 aliphatic rings. The number of benzene rings is 1. The van der Waals surface area contributed by atoms with Gasteiger partial charge in [0, 0.05) is 22.9 Å². The molecule has 1 fully saturated rings. The van der Waals surface area contributed by atoms with Gasteiger partial charge < -0.3 is 15.8 Å². The Balaban J connectivity index is 2.18. The van der Waals surface area contributed by atoms with Gasteiger partial charge in [0.2, 0.25) is 5.91 Å². The SMILES string of the molecule is CCOC1CC(N)(C(=O)Nc2c(F)cccc2Br)C1(C)C. The van der Waals surface area contributed by atoms with Crippen molar-refractivity contribution in [2.45, 2.75) is 38.8 Å². The fraction of sp³-hybridized carbons (Fsp3) is 0.533. The van der Waals surface area contributed by atoms with Crippen molar-refractivity contribution in [3.05, 3.63) is 28.5 Å². The Kier molecular flexibility index (Phi) is 4.42. The van der Waals surface area contributed by atoms with Gasteiger partial charge in [0.25, 0.3) is 0 Å². The summed E-state index contributed by atoms with van der Waals surface area (Å²) in [7, 11) is 0. The van der Waals surface area contributed by atoms with Crippen LogP contribution in [-0.2, 0) is 9.53 Å². The maximum atomic E-state index is 13.8. The third-order valence-electron chi connectivity index (χ3n) is 4.44. The van der Waals surface area contributed by atoms with E-state index < -0.39 is 22.7 Å². The molecule has 0 heterocycles. The lowest BCUT2D eigenvalue weighted by Crippen LogP contribution is -2.74. The van der Waals surface area contributed by atoms with E-state index in [0.29, 0.717) is 17.5 Å². The summed E-state index contributed by atoms with van der Waals surface area (Å²) < 4.78 is 19.9. The van der Waals surface area contributed by atoms with Gasteiger partial charge in [0.05, 0.1) is 11.8 Å². The van der Waals surface area contributed by atoms with Crippen molar-refractivity contribution in [3.8, 4) is 0 Å². The molecule has 1 saturated carbocycles. The van der Waals surface area contributed by atoms with Crippen LogP contribution in [0.4, 0.5) is 10.1 Å². The first kappa shape index (κ1) is 16.4. The number of hydrogen-bond acceptors (Lipinski definition) is 3. The number of para-hydroxylation sites is 1. The Morgan fingerprint density at radius 1 is 1.57 bits per heavy atom. The van der Waals surface area contributed by atoms with Crippen molar-refractivity contribution in [2.75, 3.05) is 11.9 Å². The lowest BCUT2D eigenvalue weighted by atomic mass is 9.54. The highest BCUT2D eigenvalue weighted by atomic mass is 79.9. The first-order valence-corrected chi connectivity index (χ1v) is 7.69. The van der Waals surface area contributed by atoms with Crippen LogP contribution >= 0.6 is 15.9 Å². The Labute approximate surface area is 132 Å². The molecule has 0 bridgehead atoms. The lowest BCUT2D eigenvalue weighted by molar-refractivity contribution is -0.166. The van der Waals surface area contributed by atoms with Crippen LogP contribution in [0, 0.1) is 11.2 Å². The zero-order valence-electron chi connectivity index (χ0n) is 12.4. The number of ether oxygens (including phenoxy) is 1. The third kappa shape index (κ3) is 2.60. The number of carbonyl (C=O) groups is 1. The summed E-state index contributed by atoms with van der Waals surface area (Å²) in [6.07, 6.45) is 0.355. The monoisotopic (exact) mass is 358 g/mol. The minimum atomic E-state index is -1.07. The highest BCUT2D eigenvalue weighted by Gasteiger charge is 2.62. The molecule has 0 aromatic heterocycles. The Morgan fingerprint density at radius 2 is 2.24 bits per heavy atom. The van der Waals surface area contributed by atoms with E-state index in [4.69, 9.17) is 10.5 Å². The van der Waals surface area contributed by atoms with E-state index in [9.17, 15) is 9.18 Å².